The van der Waals surface area contributed by atoms with Gasteiger partial charge in [0.2, 0.25) is 5.89 Å². The van der Waals surface area contributed by atoms with Crippen molar-refractivity contribution in [2.75, 3.05) is 13.1 Å². The molecule has 17 heavy (non-hydrogen) atoms. The summed E-state index contributed by atoms with van der Waals surface area (Å²) in [5, 5.41) is 3.92. The lowest BCUT2D eigenvalue weighted by Gasteiger charge is -2.36. The van der Waals surface area contributed by atoms with Gasteiger partial charge in [-0.1, -0.05) is 19.0 Å². The molecule has 0 aliphatic carbocycles. The molecule has 1 aromatic rings. The summed E-state index contributed by atoms with van der Waals surface area (Å²) >= 11 is 0. The smallest absolute Gasteiger partial charge is 0.240 e. The van der Waals surface area contributed by atoms with Crippen LogP contribution in [-0.4, -0.2) is 34.2 Å². The number of hydrogen-bond donors (Lipinski definition) is 1. The van der Waals surface area contributed by atoms with E-state index in [4.69, 9.17) is 10.3 Å². The zero-order valence-electron chi connectivity index (χ0n) is 10.7. The summed E-state index contributed by atoms with van der Waals surface area (Å²) in [6.07, 6.45) is 3.22. The number of nitrogens with two attached hydrogens (primary N) is 1. The van der Waals surface area contributed by atoms with Crippen LogP contribution in [0.1, 0.15) is 38.4 Å². The van der Waals surface area contributed by atoms with Gasteiger partial charge >= 0.3 is 0 Å². The zero-order chi connectivity index (χ0) is 12.3. The molecular formula is C12H22N4O. The van der Waals surface area contributed by atoms with E-state index in [9.17, 15) is 0 Å². The summed E-state index contributed by atoms with van der Waals surface area (Å²) in [4.78, 5) is 6.72. The maximum Gasteiger partial charge on any atom is 0.240 e. The fourth-order valence-corrected chi connectivity index (χ4v) is 2.43. The molecular weight excluding hydrogens is 216 g/mol. The van der Waals surface area contributed by atoms with Gasteiger partial charge in [0, 0.05) is 19.0 Å². The Labute approximate surface area is 102 Å². The number of hydrogen-bond acceptors (Lipinski definition) is 5. The standard InChI is InChI=1S/C12H22N4O/c1-3-11-14-12(17-15-11)8-16-5-4-9(2)6-10(16)7-13/h9-10H,3-8,13H2,1-2H3. The average Bonchev–Trinajstić information content (AvgIpc) is 2.79. The molecule has 1 aliphatic heterocycles. The molecule has 0 amide bonds. The first-order valence-electron chi connectivity index (χ1n) is 6.48. The van der Waals surface area contributed by atoms with Crippen LogP contribution in [0.5, 0.6) is 0 Å². The van der Waals surface area contributed by atoms with Crippen molar-refractivity contribution in [2.45, 2.75) is 45.7 Å². The Hall–Kier alpha value is -0.940. The van der Waals surface area contributed by atoms with Crippen molar-refractivity contribution in [3.05, 3.63) is 11.7 Å². The molecule has 96 valence electrons. The lowest BCUT2D eigenvalue weighted by atomic mass is 9.92. The van der Waals surface area contributed by atoms with Gasteiger partial charge in [0.25, 0.3) is 0 Å². The number of rotatable bonds is 4. The van der Waals surface area contributed by atoms with Crippen LogP contribution in [0.25, 0.3) is 0 Å². The number of likely N-dealkylation sites (tertiary alicyclic amines) is 1. The molecule has 0 radical (unpaired) electrons. The predicted molar refractivity (Wildman–Crippen MR) is 65.3 cm³/mol. The molecule has 2 N–H and O–H groups in total. The molecule has 1 aliphatic rings. The number of aryl methyl sites for hydroxylation is 1. The van der Waals surface area contributed by atoms with Crippen LogP contribution in [0, 0.1) is 5.92 Å². The topological polar surface area (TPSA) is 68.2 Å². The molecule has 0 aromatic carbocycles. The molecule has 5 nitrogen and oxygen atoms in total. The monoisotopic (exact) mass is 238 g/mol. The maximum atomic E-state index is 5.83. The lowest BCUT2D eigenvalue weighted by molar-refractivity contribution is 0.102. The summed E-state index contributed by atoms with van der Waals surface area (Å²) in [7, 11) is 0. The van der Waals surface area contributed by atoms with Crippen LogP contribution in [0.2, 0.25) is 0 Å². The zero-order valence-corrected chi connectivity index (χ0v) is 10.7. The van der Waals surface area contributed by atoms with E-state index in [2.05, 4.69) is 22.0 Å². The van der Waals surface area contributed by atoms with E-state index < -0.39 is 0 Å². The highest BCUT2D eigenvalue weighted by molar-refractivity contribution is 4.89. The highest BCUT2D eigenvalue weighted by Gasteiger charge is 2.26. The van der Waals surface area contributed by atoms with Crippen LogP contribution in [0.4, 0.5) is 0 Å². The third kappa shape index (κ3) is 3.04. The normalized spacial score (nSPS) is 26.3. The van der Waals surface area contributed by atoms with Gasteiger partial charge in [0.15, 0.2) is 5.82 Å². The summed E-state index contributed by atoms with van der Waals surface area (Å²) in [5.74, 6) is 2.28. The van der Waals surface area contributed by atoms with Gasteiger partial charge in [-0.15, -0.1) is 0 Å². The van der Waals surface area contributed by atoms with E-state index in [0.29, 0.717) is 12.6 Å². The molecule has 5 heteroatoms. The molecule has 1 fully saturated rings. The number of piperidine rings is 1. The molecule has 2 heterocycles. The van der Waals surface area contributed by atoms with Gasteiger partial charge in [0.05, 0.1) is 6.54 Å². The Morgan fingerprint density at radius 1 is 1.53 bits per heavy atom. The van der Waals surface area contributed by atoms with Crippen LogP contribution in [-0.2, 0) is 13.0 Å². The molecule has 2 atom stereocenters. The van der Waals surface area contributed by atoms with E-state index in [-0.39, 0.29) is 0 Å². The first kappa shape index (κ1) is 12.5. The van der Waals surface area contributed by atoms with E-state index in [1.807, 2.05) is 6.92 Å². The Bertz CT molecular complexity index is 352. The minimum absolute atomic E-state index is 0.454. The van der Waals surface area contributed by atoms with Gasteiger partial charge < -0.3 is 10.3 Å². The predicted octanol–water partition coefficient (Wildman–Crippen LogP) is 1.19. The van der Waals surface area contributed by atoms with Crippen LogP contribution >= 0.6 is 0 Å². The minimum atomic E-state index is 0.454. The summed E-state index contributed by atoms with van der Waals surface area (Å²) in [6.45, 7) is 6.84. The van der Waals surface area contributed by atoms with Gasteiger partial charge in [-0.3, -0.25) is 4.90 Å². The largest absolute Gasteiger partial charge is 0.338 e. The fourth-order valence-electron chi connectivity index (χ4n) is 2.43. The Morgan fingerprint density at radius 3 is 3.00 bits per heavy atom. The van der Waals surface area contributed by atoms with Crippen LogP contribution in [0.3, 0.4) is 0 Å². The van der Waals surface area contributed by atoms with Gasteiger partial charge in [-0.2, -0.15) is 4.98 Å². The molecule has 2 unspecified atom stereocenters. The molecule has 1 aromatic heterocycles. The van der Waals surface area contributed by atoms with Crippen molar-refractivity contribution in [1.29, 1.82) is 0 Å². The SMILES string of the molecule is CCc1noc(CN2CCC(C)CC2CN)n1. The van der Waals surface area contributed by atoms with Crippen molar-refractivity contribution in [2.24, 2.45) is 11.7 Å². The third-order valence-corrected chi connectivity index (χ3v) is 3.54. The molecule has 0 spiro atoms. The lowest BCUT2D eigenvalue weighted by Crippen LogP contribution is -2.45. The second kappa shape index (κ2) is 5.60. The summed E-state index contributed by atoms with van der Waals surface area (Å²) in [5.41, 5.74) is 5.83. The Morgan fingerprint density at radius 2 is 2.35 bits per heavy atom. The van der Waals surface area contributed by atoms with Crippen LogP contribution < -0.4 is 5.73 Å². The number of nitrogens with zero attached hydrogens (tertiary/aromatic N) is 3. The average molecular weight is 238 g/mol. The highest BCUT2D eigenvalue weighted by Crippen LogP contribution is 2.23. The molecule has 0 saturated carbocycles. The van der Waals surface area contributed by atoms with Crippen LogP contribution in [0.15, 0.2) is 4.52 Å². The second-order valence-electron chi connectivity index (χ2n) is 4.95. The third-order valence-electron chi connectivity index (χ3n) is 3.54. The van der Waals surface area contributed by atoms with Crippen molar-refractivity contribution in [3.8, 4) is 0 Å². The van der Waals surface area contributed by atoms with Gasteiger partial charge in [-0.25, -0.2) is 0 Å². The maximum absolute atomic E-state index is 5.83. The molecule has 2 rings (SSSR count). The quantitative estimate of drug-likeness (QED) is 0.853. The Balaban J connectivity index is 1.97. The van der Waals surface area contributed by atoms with Crippen molar-refractivity contribution in [1.82, 2.24) is 15.0 Å². The van der Waals surface area contributed by atoms with Gasteiger partial charge in [-0.05, 0) is 25.3 Å². The Kier molecular flexibility index (Phi) is 4.12. The summed E-state index contributed by atoms with van der Waals surface area (Å²) < 4.78 is 5.23. The molecule has 1 saturated heterocycles. The van der Waals surface area contributed by atoms with E-state index >= 15 is 0 Å². The highest BCUT2D eigenvalue weighted by atomic mass is 16.5. The number of aromatic nitrogens is 2. The van der Waals surface area contributed by atoms with Crippen molar-refractivity contribution >= 4 is 0 Å². The van der Waals surface area contributed by atoms with Crippen molar-refractivity contribution < 1.29 is 4.52 Å². The van der Waals surface area contributed by atoms with Gasteiger partial charge in [0.1, 0.15) is 0 Å². The fraction of sp³-hybridized carbons (Fsp3) is 0.833. The van der Waals surface area contributed by atoms with E-state index in [1.165, 1.54) is 12.8 Å². The minimum Gasteiger partial charge on any atom is -0.338 e. The second-order valence-corrected chi connectivity index (χ2v) is 4.95. The van der Waals surface area contributed by atoms with E-state index in [0.717, 1.165) is 37.1 Å². The summed E-state index contributed by atoms with van der Waals surface area (Å²) in [6, 6.07) is 0.454. The van der Waals surface area contributed by atoms with E-state index in [1.54, 1.807) is 0 Å². The first-order valence-corrected chi connectivity index (χ1v) is 6.48. The first-order chi connectivity index (χ1) is 8.22. The molecule has 0 bridgehead atoms. The van der Waals surface area contributed by atoms with Crippen molar-refractivity contribution in [3.63, 3.8) is 0 Å².